The number of nitrogens with zero attached hydrogens (tertiary/aromatic N) is 2. The van der Waals surface area contributed by atoms with Crippen molar-refractivity contribution in [3.63, 3.8) is 0 Å². The van der Waals surface area contributed by atoms with Gasteiger partial charge in [-0.3, -0.25) is 4.90 Å². The molecule has 0 aliphatic carbocycles. The lowest BCUT2D eigenvalue weighted by molar-refractivity contribution is 0.221. The van der Waals surface area contributed by atoms with Gasteiger partial charge in [-0.05, 0) is 18.1 Å². The molecule has 0 atom stereocenters. The lowest BCUT2D eigenvalue weighted by Crippen LogP contribution is -2.33. The smallest absolute Gasteiger partial charge is 0.324 e. The second-order valence-corrected chi connectivity index (χ2v) is 6.44. The second kappa shape index (κ2) is 8.49. The molecule has 2 aromatic rings. The maximum Gasteiger partial charge on any atom is 0.324 e. The first-order valence-electron chi connectivity index (χ1n) is 8.97. The first-order valence-corrected chi connectivity index (χ1v) is 8.97. The van der Waals surface area contributed by atoms with Crippen molar-refractivity contribution in [3.8, 4) is 5.75 Å². The number of methoxy groups -OCH3 is 1. The lowest BCUT2D eigenvalue weighted by Gasteiger charge is -2.20. The molecule has 3 rings (SSSR count). The Bertz CT molecular complexity index is 814. The van der Waals surface area contributed by atoms with Crippen LogP contribution in [0.2, 0.25) is 0 Å². The Morgan fingerprint density at radius 2 is 1.85 bits per heavy atom. The highest BCUT2D eigenvalue weighted by Gasteiger charge is 2.29. The van der Waals surface area contributed by atoms with Crippen LogP contribution < -0.4 is 9.64 Å². The summed E-state index contributed by atoms with van der Waals surface area (Å²) in [5, 5.41) is 14.9. The molecule has 140 valence electrons. The van der Waals surface area contributed by atoms with Crippen molar-refractivity contribution in [1.29, 1.82) is 10.8 Å². The Morgan fingerprint density at radius 3 is 2.52 bits per heavy atom. The highest BCUT2D eigenvalue weighted by Crippen LogP contribution is 2.31. The number of amides is 2. The first-order chi connectivity index (χ1) is 13.2. The number of carbonyl (C=O) groups is 1. The summed E-state index contributed by atoms with van der Waals surface area (Å²) in [6.07, 6.45) is 3.25. The molecule has 0 aromatic heterocycles. The topological polar surface area (TPSA) is 80.5 Å². The highest BCUT2D eigenvalue weighted by molar-refractivity contribution is 5.95. The molecule has 27 heavy (non-hydrogen) atoms. The van der Waals surface area contributed by atoms with Gasteiger partial charge in [-0.15, -0.1) is 0 Å². The third kappa shape index (κ3) is 4.00. The van der Waals surface area contributed by atoms with Gasteiger partial charge in [-0.1, -0.05) is 36.4 Å². The fourth-order valence-corrected chi connectivity index (χ4v) is 3.31. The third-order valence-corrected chi connectivity index (χ3v) is 4.86. The van der Waals surface area contributed by atoms with Crippen molar-refractivity contribution >= 4 is 24.1 Å². The molecule has 6 nitrogen and oxygen atoms in total. The quantitative estimate of drug-likeness (QED) is 0.702. The molecule has 0 radical (unpaired) electrons. The number of hydrogen-bond donors (Lipinski definition) is 2. The van der Waals surface area contributed by atoms with E-state index in [1.54, 1.807) is 12.0 Å². The van der Waals surface area contributed by atoms with E-state index >= 15 is 0 Å². The first kappa shape index (κ1) is 18.6. The van der Waals surface area contributed by atoms with Gasteiger partial charge in [0.05, 0.1) is 13.0 Å². The molecule has 6 heteroatoms. The van der Waals surface area contributed by atoms with E-state index in [0.29, 0.717) is 25.4 Å². The molecule has 2 amide bonds. The average molecular weight is 364 g/mol. The van der Waals surface area contributed by atoms with Gasteiger partial charge in [-0.2, -0.15) is 0 Å². The van der Waals surface area contributed by atoms with Gasteiger partial charge in [0.1, 0.15) is 5.75 Å². The normalized spacial score (nSPS) is 14.9. The minimum absolute atomic E-state index is 0.00334. The summed E-state index contributed by atoms with van der Waals surface area (Å²) in [5.74, 6) is 0.158. The molecular formula is C21H24N4O2. The molecule has 0 bridgehead atoms. The summed E-state index contributed by atoms with van der Waals surface area (Å²) in [4.78, 5) is 16.4. The van der Waals surface area contributed by atoms with E-state index in [4.69, 9.17) is 15.6 Å². The fourth-order valence-electron chi connectivity index (χ4n) is 3.31. The molecule has 1 heterocycles. The van der Waals surface area contributed by atoms with Crippen LogP contribution in [0.15, 0.2) is 48.5 Å². The van der Waals surface area contributed by atoms with Gasteiger partial charge in [0.15, 0.2) is 0 Å². The highest BCUT2D eigenvalue weighted by atomic mass is 16.5. The summed E-state index contributed by atoms with van der Waals surface area (Å²) < 4.78 is 5.44. The zero-order valence-corrected chi connectivity index (χ0v) is 15.4. The van der Waals surface area contributed by atoms with Crippen LogP contribution in [0.5, 0.6) is 5.75 Å². The number of rotatable bonds is 8. The summed E-state index contributed by atoms with van der Waals surface area (Å²) in [6.45, 7) is 2.02. The largest absolute Gasteiger partial charge is 0.496 e. The number of urea groups is 1. The van der Waals surface area contributed by atoms with E-state index in [9.17, 15) is 4.79 Å². The van der Waals surface area contributed by atoms with E-state index < -0.39 is 5.92 Å². The summed E-state index contributed by atoms with van der Waals surface area (Å²) in [6, 6.07) is 15.7. The van der Waals surface area contributed by atoms with Gasteiger partial charge in [0.2, 0.25) is 0 Å². The van der Waals surface area contributed by atoms with E-state index in [-0.39, 0.29) is 6.03 Å². The number of anilines is 1. The van der Waals surface area contributed by atoms with Crippen LogP contribution in [-0.2, 0) is 6.42 Å². The molecule has 1 aliphatic rings. The predicted molar refractivity (Wildman–Crippen MR) is 108 cm³/mol. The second-order valence-electron chi connectivity index (χ2n) is 6.44. The summed E-state index contributed by atoms with van der Waals surface area (Å²) >= 11 is 0. The van der Waals surface area contributed by atoms with Crippen molar-refractivity contribution < 1.29 is 9.53 Å². The van der Waals surface area contributed by atoms with Crippen molar-refractivity contribution in [3.05, 3.63) is 59.7 Å². The molecule has 0 saturated carbocycles. The molecule has 0 unspecified atom stereocenters. The number of benzene rings is 2. The van der Waals surface area contributed by atoms with Crippen LogP contribution in [0.1, 0.15) is 17.0 Å². The number of nitrogens with one attached hydrogen (secondary N) is 2. The van der Waals surface area contributed by atoms with Gasteiger partial charge in [0, 0.05) is 49.4 Å². The van der Waals surface area contributed by atoms with Crippen molar-refractivity contribution in [2.45, 2.75) is 12.3 Å². The van der Waals surface area contributed by atoms with E-state index in [1.807, 2.05) is 41.3 Å². The minimum Gasteiger partial charge on any atom is -0.496 e. The van der Waals surface area contributed by atoms with Crippen molar-refractivity contribution in [2.24, 2.45) is 0 Å². The standard InChI is InChI=1S/C21H24N4O2/c1-27-20-13-18(7-8-19(20)17(14-22)15-23)25-12-11-24(21(25)26)10-9-16-5-3-2-4-6-16/h2-8,13-15,17,22-23H,9-12H2,1H3. The van der Waals surface area contributed by atoms with Crippen LogP contribution >= 0.6 is 0 Å². The van der Waals surface area contributed by atoms with Crippen molar-refractivity contribution in [2.75, 3.05) is 31.6 Å². The Morgan fingerprint density at radius 1 is 1.11 bits per heavy atom. The molecule has 2 N–H and O–H groups in total. The zero-order chi connectivity index (χ0) is 19.2. The minimum atomic E-state index is -0.425. The van der Waals surface area contributed by atoms with Crippen LogP contribution in [0.25, 0.3) is 0 Å². The van der Waals surface area contributed by atoms with Gasteiger partial charge >= 0.3 is 6.03 Å². The predicted octanol–water partition coefficient (Wildman–Crippen LogP) is 3.56. The molecule has 1 saturated heterocycles. The number of carbonyl (C=O) groups excluding carboxylic acids is 1. The Labute approximate surface area is 159 Å². The van der Waals surface area contributed by atoms with Crippen LogP contribution in [-0.4, -0.2) is 50.1 Å². The molecular weight excluding hydrogens is 340 g/mol. The molecule has 0 spiro atoms. The molecule has 2 aromatic carbocycles. The summed E-state index contributed by atoms with van der Waals surface area (Å²) in [7, 11) is 1.56. The monoisotopic (exact) mass is 364 g/mol. The van der Waals surface area contributed by atoms with E-state index in [0.717, 1.165) is 17.7 Å². The van der Waals surface area contributed by atoms with E-state index in [2.05, 4.69) is 12.1 Å². The fraction of sp³-hybridized carbons (Fsp3) is 0.286. The zero-order valence-electron chi connectivity index (χ0n) is 15.4. The third-order valence-electron chi connectivity index (χ3n) is 4.86. The molecule has 1 fully saturated rings. The maximum atomic E-state index is 12.8. The number of ether oxygens (including phenoxy) is 1. The van der Waals surface area contributed by atoms with E-state index in [1.165, 1.54) is 18.0 Å². The SMILES string of the molecule is COc1cc(N2CCN(CCc3ccccc3)C2=O)ccc1C(C=N)C=N. The average Bonchev–Trinajstić information content (AvgIpc) is 3.08. The number of hydrogen-bond acceptors (Lipinski definition) is 4. The van der Waals surface area contributed by atoms with Gasteiger partial charge < -0.3 is 20.5 Å². The summed E-state index contributed by atoms with van der Waals surface area (Å²) in [5.41, 5.74) is 2.74. The molecule has 1 aliphatic heterocycles. The van der Waals surface area contributed by atoms with Crippen LogP contribution in [0, 0.1) is 10.8 Å². The van der Waals surface area contributed by atoms with Crippen LogP contribution in [0.4, 0.5) is 10.5 Å². The Hall–Kier alpha value is -3.15. The lowest BCUT2D eigenvalue weighted by atomic mass is 10.00. The Kier molecular flexibility index (Phi) is 5.86. The maximum absolute atomic E-state index is 12.8. The van der Waals surface area contributed by atoms with Gasteiger partial charge in [-0.25, -0.2) is 4.79 Å². The van der Waals surface area contributed by atoms with Crippen LogP contribution in [0.3, 0.4) is 0 Å². The van der Waals surface area contributed by atoms with Crippen molar-refractivity contribution in [1.82, 2.24) is 4.90 Å². The Balaban J connectivity index is 1.72. The van der Waals surface area contributed by atoms with Gasteiger partial charge in [0.25, 0.3) is 0 Å².